The molecule has 0 aromatic heterocycles. The smallest absolute Gasteiger partial charge is 0.413 e. The minimum absolute atomic E-state index is 0.218. The van der Waals surface area contributed by atoms with Crippen LogP contribution in [0.2, 0.25) is 0 Å². The summed E-state index contributed by atoms with van der Waals surface area (Å²) in [4.78, 5) is 24.8. The molecule has 0 aliphatic carbocycles. The van der Waals surface area contributed by atoms with Crippen molar-refractivity contribution in [1.29, 1.82) is 0 Å². The van der Waals surface area contributed by atoms with Crippen LogP contribution in [0.1, 0.15) is 11.1 Å². The number of carbonyl (C=O) groups excluding carboxylic acids is 2. The highest BCUT2D eigenvalue weighted by Gasteiger charge is 2.10. The van der Waals surface area contributed by atoms with Crippen LogP contribution < -0.4 is 10.2 Å². The molecule has 24 heavy (non-hydrogen) atoms. The molecule has 1 N–H and O–H groups in total. The summed E-state index contributed by atoms with van der Waals surface area (Å²) < 4.78 is 4.65. The van der Waals surface area contributed by atoms with Crippen molar-refractivity contribution in [3.63, 3.8) is 0 Å². The fourth-order valence-electron chi connectivity index (χ4n) is 2.04. The predicted octanol–water partition coefficient (Wildman–Crippen LogP) is 3.85. The Kier molecular flexibility index (Phi) is 5.73. The lowest BCUT2D eigenvalue weighted by Crippen LogP contribution is -2.25. The lowest BCUT2D eigenvalue weighted by molar-refractivity contribution is -0.111. The molecule has 0 spiro atoms. The first-order valence-corrected chi connectivity index (χ1v) is 7.47. The molecule has 0 bridgehead atoms. The molecule has 2 aromatic carbocycles. The van der Waals surface area contributed by atoms with Crippen LogP contribution in [-0.2, 0) is 9.53 Å². The van der Waals surface area contributed by atoms with Gasteiger partial charge in [-0.3, -0.25) is 9.69 Å². The highest BCUT2D eigenvalue weighted by Crippen LogP contribution is 2.17. The summed E-state index contributed by atoms with van der Waals surface area (Å²) >= 11 is 0. The van der Waals surface area contributed by atoms with Gasteiger partial charge in [0.05, 0.1) is 7.11 Å². The van der Waals surface area contributed by atoms with Gasteiger partial charge < -0.3 is 10.1 Å². The van der Waals surface area contributed by atoms with Gasteiger partial charge in [-0.25, -0.2) is 4.79 Å². The van der Waals surface area contributed by atoms with Crippen LogP contribution in [0.25, 0.3) is 6.08 Å². The summed E-state index contributed by atoms with van der Waals surface area (Å²) in [5, 5.41) is 2.77. The quantitative estimate of drug-likeness (QED) is 0.869. The fourth-order valence-corrected chi connectivity index (χ4v) is 2.04. The number of methoxy groups -OCH3 is 1. The van der Waals surface area contributed by atoms with E-state index in [0.717, 1.165) is 5.56 Å². The summed E-state index contributed by atoms with van der Waals surface area (Å²) in [6.45, 7) is 2.02. The summed E-state index contributed by atoms with van der Waals surface area (Å²) in [5.41, 5.74) is 3.46. The first kappa shape index (κ1) is 17.3. The Balaban J connectivity index is 1.96. The molecule has 0 aliphatic heterocycles. The molecule has 0 heterocycles. The van der Waals surface area contributed by atoms with Crippen molar-refractivity contribution in [2.75, 3.05) is 24.4 Å². The fraction of sp³-hybridized carbons (Fsp3) is 0.158. The topological polar surface area (TPSA) is 58.6 Å². The number of carbonyl (C=O) groups is 2. The predicted molar refractivity (Wildman–Crippen MR) is 96.1 cm³/mol. The number of hydrogen-bond donors (Lipinski definition) is 1. The van der Waals surface area contributed by atoms with E-state index in [1.165, 1.54) is 23.6 Å². The number of hydrogen-bond acceptors (Lipinski definition) is 3. The van der Waals surface area contributed by atoms with Crippen LogP contribution in [0.15, 0.2) is 54.6 Å². The number of amides is 2. The molecule has 5 heteroatoms. The Hall–Kier alpha value is -3.08. The Bertz CT molecular complexity index is 734. The molecule has 124 valence electrons. The molecule has 0 atom stereocenters. The van der Waals surface area contributed by atoms with E-state index in [4.69, 9.17) is 0 Å². The summed E-state index contributed by atoms with van der Waals surface area (Å²) in [7, 11) is 2.94. The number of rotatable bonds is 4. The second kappa shape index (κ2) is 7.97. The van der Waals surface area contributed by atoms with Crippen LogP contribution >= 0.6 is 0 Å². The lowest BCUT2D eigenvalue weighted by Gasteiger charge is -2.15. The van der Waals surface area contributed by atoms with E-state index in [1.807, 2.05) is 31.2 Å². The van der Waals surface area contributed by atoms with Gasteiger partial charge in [0.2, 0.25) is 5.91 Å². The number of aryl methyl sites for hydroxylation is 1. The highest BCUT2D eigenvalue weighted by molar-refractivity contribution is 6.02. The van der Waals surface area contributed by atoms with Crippen molar-refractivity contribution < 1.29 is 14.3 Å². The summed E-state index contributed by atoms with van der Waals surface area (Å²) in [6, 6.07) is 14.8. The normalized spacial score (nSPS) is 10.5. The molecule has 0 saturated carbocycles. The van der Waals surface area contributed by atoms with Crippen molar-refractivity contribution >= 4 is 29.5 Å². The van der Waals surface area contributed by atoms with Gasteiger partial charge in [-0.2, -0.15) is 0 Å². The van der Waals surface area contributed by atoms with Gasteiger partial charge in [0.25, 0.3) is 0 Å². The van der Waals surface area contributed by atoms with Gasteiger partial charge in [-0.15, -0.1) is 0 Å². The highest BCUT2D eigenvalue weighted by atomic mass is 16.5. The molecule has 2 aromatic rings. The standard InChI is InChI=1S/C19H20N2O3/c1-14-4-6-15(7-5-14)8-13-18(22)20-16-9-11-17(12-10-16)21(2)19(23)24-3/h4-13H,1-3H3,(H,20,22). The molecule has 0 aliphatic rings. The zero-order valence-electron chi connectivity index (χ0n) is 13.9. The number of nitrogens with one attached hydrogen (secondary N) is 1. The first-order valence-electron chi connectivity index (χ1n) is 7.47. The van der Waals surface area contributed by atoms with Crippen molar-refractivity contribution in [3.05, 3.63) is 65.7 Å². The van der Waals surface area contributed by atoms with E-state index >= 15 is 0 Å². The van der Waals surface area contributed by atoms with Crippen molar-refractivity contribution in [2.24, 2.45) is 0 Å². The Morgan fingerprint density at radius 1 is 1.04 bits per heavy atom. The van der Waals surface area contributed by atoms with E-state index in [2.05, 4.69) is 10.1 Å². The number of anilines is 2. The van der Waals surface area contributed by atoms with E-state index in [0.29, 0.717) is 11.4 Å². The van der Waals surface area contributed by atoms with E-state index in [-0.39, 0.29) is 5.91 Å². The molecular formula is C19H20N2O3. The molecule has 2 amide bonds. The van der Waals surface area contributed by atoms with Gasteiger partial charge in [0, 0.05) is 24.5 Å². The van der Waals surface area contributed by atoms with Crippen molar-refractivity contribution in [1.82, 2.24) is 0 Å². The lowest BCUT2D eigenvalue weighted by atomic mass is 10.1. The number of ether oxygens (including phenoxy) is 1. The van der Waals surface area contributed by atoms with Crippen molar-refractivity contribution in [3.8, 4) is 0 Å². The third kappa shape index (κ3) is 4.71. The third-order valence-corrected chi connectivity index (χ3v) is 3.48. The van der Waals surface area contributed by atoms with Crippen LogP contribution in [-0.4, -0.2) is 26.2 Å². The van der Waals surface area contributed by atoms with Crippen LogP contribution in [0.4, 0.5) is 16.2 Å². The van der Waals surface area contributed by atoms with Gasteiger partial charge in [-0.05, 0) is 42.8 Å². The zero-order chi connectivity index (χ0) is 17.5. The van der Waals surface area contributed by atoms with E-state index in [1.54, 1.807) is 37.4 Å². The molecule has 0 radical (unpaired) electrons. The molecular weight excluding hydrogens is 304 g/mol. The van der Waals surface area contributed by atoms with E-state index < -0.39 is 6.09 Å². The van der Waals surface area contributed by atoms with Crippen LogP contribution in [0.3, 0.4) is 0 Å². The average Bonchev–Trinajstić information content (AvgIpc) is 2.60. The maximum Gasteiger partial charge on any atom is 0.413 e. The van der Waals surface area contributed by atoms with Gasteiger partial charge >= 0.3 is 6.09 Å². The first-order chi connectivity index (χ1) is 11.5. The molecule has 0 unspecified atom stereocenters. The van der Waals surface area contributed by atoms with Crippen molar-refractivity contribution in [2.45, 2.75) is 6.92 Å². The molecule has 2 rings (SSSR count). The Morgan fingerprint density at radius 2 is 1.67 bits per heavy atom. The van der Waals surface area contributed by atoms with Gasteiger partial charge in [0.1, 0.15) is 0 Å². The average molecular weight is 324 g/mol. The number of nitrogens with zero attached hydrogens (tertiary/aromatic N) is 1. The molecule has 0 saturated heterocycles. The molecule has 5 nitrogen and oxygen atoms in total. The second-order valence-corrected chi connectivity index (χ2v) is 5.31. The monoisotopic (exact) mass is 324 g/mol. The molecule has 0 fully saturated rings. The maximum absolute atomic E-state index is 11.9. The Morgan fingerprint density at radius 3 is 2.25 bits per heavy atom. The van der Waals surface area contributed by atoms with Crippen LogP contribution in [0, 0.1) is 6.92 Å². The SMILES string of the molecule is COC(=O)N(C)c1ccc(NC(=O)C=Cc2ccc(C)cc2)cc1. The minimum atomic E-state index is -0.451. The van der Waals surface area contributed by atoms with Gasteiger partial charge in [-0.1, -0.05) is 29.8 Å². The maximum atomic E-state index is 11.9. The second-order valence-electron chi connectivity index (χ2n) is 5.31. The van der Waals surface area contributed by atoms with Crippen LogP contribution in [0.5, 0.6) is 0 Å². The largest absolute Gasteiger partial charge is 0.452 e. The summed E-state index contributed by atoms with van der Waals surface area (Å²) in [5.74, 6) is -0.218. The van der Waals surface area contributed by atoms with Gasteiger partial charge in [0.15, 0.2) is 0 Å². The van der Waals surface area contributed by atoms with E-state index in [9.17, 15) is 9.59 Å². The zero-order valence-corrected chi connectivity index (χ0v) is 13.9. The minimum Gasteiger partial charge on any atom is -0.452 e. The number of benzene rings is 2. The summed E-state index contributed by atoms with van der Waals surface area (Å²) in [6.07, 6.45) is 2.79. The third-order valence-electron chi connectivity index (χ3n) is 3.48. The Labute approximate surface area is 141 Å².